The lowest BCUT2D eigenvalue weighted by molar-refractivity contribution is 0.344. The smallest absolute Gasteiger partial charge is 0.246 e. The van der Waals surface area contributed by atoms with Gasteiger partial charge in [0.1, 0.15) is 12.3 Å². The molecular weight excluding hydrogens is 254 g/mol. The van der Waals surface area contributed by atoms with Crippen molar-refractivity contribution in [3.63, 3.8) is 0 Å². The molecule has 0 saturated carbocycles. The molecule has 0 atom stereocenters. The molecule has 3 aromatic rings. The zero-order valence-corrected chi connectivity index (χ0v) is 11.7. The summed E-state index contributed by atoms with van der Waals surface area (Å²) in [5.41, 5.74) is 1.10. The van der Waals surface area contributed by atoms with Gasteiger partial charge in [-0.1, -0.05) is 18.1 Å². The largest absolute Gasteiger partial charge is 0.493 e. The predicted octanol–water partition coefficient (Wildman–Crippen LogP) is 3.03. The molecule has 0 fully saturated rings. The van der Waals surface area contributed by atoms with Gasteiger partial charge in [0, 0.05) is 18.0 Å². The number of benzene rings is 1. The number of aryl methyl sites for hydroxylation is 1. The molecule has 5 nitrogen and oxygen atoms in total. The molecule has 5 heteroatoms. The lowest BCUT2D eigenvalue weighted by Gasteiger charge is -2.06. The summed E-state index contributed by atoms with van der Waals surface area (Å²) >= 11 is 0. The summed E-state index contributed by atoms with van der Waals surface area (Å²) in [5.74, 6) is 2.27. The van der Waals surface area contributed by atoms with E-state index in [9.17, 15) is 0 Å². The van der Waals surface area contributed by atoms with Crippen LogP contribution in [0.25, 0.3) is 10.9 Å². The van der Waals surface area contributed by atoms with Crippen molar-refractivity contribution < 1.29 is 9.26 Å². The number of ether oxygens (including phenoxy) is 1. The zero-order chi connectivity index (χ0) is 13.9. The zero-order valence-electron chi connectivity index (χ0n) is 11.7. The van der Waals surface area contributed by atoms with Crippen LogP contribution in [-0.4, -0.2) is 21.3 Å². The van der Waals surface area contributed by atoms with E-state index in [0.717, 1.165) is 28.9 Å². The van der Waals surface area contributed by atoms with Gasteiger partial charge >= 0.3 is 0 Å². The Morgan fingerprint density at radius 1 is 1.25 bits per heavy atom. The van der Waals surface area contributed by atoms with Crippen molar-refractivity contribution in [3.05, 3.63) is 42.2 Å². The highest BCUT2D eigenvalue weighted by Gasteiger charge is 2.10. The highest BCUT2D eigenvalue weighted by atomic mass is 16.5. The number of nitrogens with zero attached hydrogens (tertiary/aromatic N) is 3. The van der Waals surface area contributed by atoms with Crippen LogP contribution in [-0.2, 0) is 13.0 Å². The van der Waals surface area contributed by atoms with Crippen LogP contribution in [0.5, 0.6) is 5.75 Å². The second-order valence-corrected chi connectivity index (χ2v) is 4.52. The summed E-state index contributed by atoms with van der Waals surface area (Å²) in [4.78, 5) is 4.34. The Morgan fingerprint density at radius 2 is 2.15 bits per heavy atom. The van der Waals surface area contributed by atoms with E-state index >= 15 is 0 Å². The van der Waals surface area contributed by atoms with Crippen molar-refractivity contribution >= 4 is 10.9 Å². The summed E-state index contributed by atoms with van der Waals surface area (Å²) in [7, 11) is 0. The number of hydrogen-bond donors (Lipinski definition) is 0. The summed E-state index contributed by atoms with van der Waals surface area (Å²) in [6, 6.07) is 8.10. The van der Waals surface area contributed by atoms with Crippen molar-refractivity contribution in [3.8, 4) is 5.75 Å². The maximum Gasteiger partial charge on any atom is 0.246 e. The predicted molar refractivity (Wildman–Crippen MR) is 75.9 cm³/mol. The van der Waals surface area contributed by atoms with E-state index in [0.29, 0.717) is 19.0 Å². The molecule has 0 unspecified atom stereocenters. The third kappa shape index (κ3) is 2.27. The third-order valence-electron chi connectivity index (χ3n) is 3.21. The number of hydrogen-bond acceptors (Lipinski definition) is 4. The minimum absolute atomic E-state index is 0.575. The van der Waals surface area contributed by atoms with Crippen LogP contribution in [0, 0.1) is 0 Å². The van der Waals surface area contributed by atoms with E-state index in [1.54, 1.807) is 0 Å². The van der Waals surface area contributed by atoms with Crippen molar-refractivity contribution in [2.75, 3.05) is 6.61 Å². The molecule has 0 N–H and O–H groups in total. The first kappa shape index (κ1) is 12.7. The fourth-order valence-electron chi connectivity index (χ4n) is 2.26. The number of rotatable bonds is 5. The minimum Gasteiger partial charge on any atom is -0.493 e. The Balaban J connectivity index is 1.94. The van der Waals surface area contributed by atoms with Crippen LogP contribution in [0.4, 0.5) is 0 Å². The van der Waals surface area contributed by atoms with Gasteiger partial charge in [-0.2, -0.15) is 4.98 Å². The van der Waals surface area contributed by atoms with Crippen molar-refractivity contribution in [2.45, 2.75) is 26.8 Å². The van der Waals surface area contributed by atoms with Gasteiger partial charge in [0.05, 0.1) is 12.1 Å². The molecule has 0 spiro atoms. The molecule has 0 amide bonds. The molecule has 0 bridgehead atoms. The molecule has 0 aliphatic rings. The molecule has 2 heterocycles. The van der Waals surface area contributed by atoms with Crippen LogP contribution >= 0.6 is 0 Å². The Bertz CT molecular complexity index is 715. The van der Waals surface area contributed by atoms with E-state index in [4.69, 9.17) is 9.26 Å². The van der Waals surface area contributed by atoms with Gasteiger partial charge in [0.2, 0.25) is 5.89 Å². The third-order valence-corrected chi connectivity index (χ3v) is 3.21. The molecule has 104 valence electrons. The second kappa shape index (κ2) is 5.36. The summed E-state index contributed by atoms with van der Waals surface area (Å²) in [6.45, 7) is 5.23. The van der Waals surface area contributed by atoms with Gasteiger partial charge < -0.3 is 13.8 Å². The van der Waals surface area contributed by atoms with Gasteiger partial charge in [0.15, 0.2) is 5.82 Å². The highest BCUT2D eigenvalue weighted by Crippen LogP contribution is 2.27. The number of fused-ring (bicyclic) bond motifs is 1. The standard InChI is InChI=1S/C15H17N3O2/c1-3-14-16-15(20-17-14)10-18-9-8-11-12(18)6-5-7-13(11)19-4-2/h5-9H,3-4,10H2,1-2H3. The Morgan fingerprint density at radius 3 is 2.90 bits per heavy atom. The summed E-state index contributed by atoms with van der Waals surface area (Å²) < 4.78 is 13.0. The Kier molecular flexibility index (Phi) is 3.41. The van der Waals surface area contributed by atoms with Gasteiger partial charge in [-0.25, -0.2) is 0 Å². The van der Waals surface area contributed by atoms with Crippen LogP contribution in [0.3, 0.4) is 0 Å². The lowest BCUT2D eigenvalue weighted by Crippen LogP contribution is -1.99. The topological polar surface area (TPSA) is 53.1 Å². The van der Waals surface area contributed by atoms with Crippen LogP contribution in [0.1, 0.15) is 25.6 Å². The van der Waals surface area contributed by atoms with Crippen LogP contribution < -0.4 is 4.74 Å². The maximum absolute atomic E-state index is 5.64. The molecule has 3 rings (SSSR count). The van der Waals surface area contributed by atoms with E-state index in [-0.39, 0.29) is 0 Å². The van der Waals surface area contributed by atoms with Gasteiger partial charge in [0.25, 0.3) is 0 Å². The van der Waals surface area contributed by atoms with E-state index in [2.05, 4.69) is 26.8 Å². The lowest BCUT2D eigenvalue weighted by atomic mass is 10.2. The molecule has 0 saturated heterocycles. The van der Waals surface area contributed by atoms with Crippen molar-refractivity contribution in [1.29, 1.82) is 0 Å². The fraction of sp³-hybridized carbons (Fsp3) is 0.333. The maximum atomic E-state index is 5.64. The molecule has 0 radical (unpaired) electrons. The monoisotopic (exact) mass is 271 g/mol. The first-order valence-corrected chi connectivity index (χ1v) is 6.84. The quantitative estimate of drug-likeness (QED) is 0.715. The van der Waals surface area contributed by atoms with E-state index in [1.165, 1.54) is 0 Å². The van der Waals surface area contributed by atoms with Crippen molar-refractivity contribution in [1.82, 2.24) is 14.7 Å². The van der Waals surface area contributed by atoms with E-state index < -0.39 is 0 Å². The average Bonchev–Trinajstić information content (AvgIpc) is 3.08. The molecule has 0 aliphatic carbocycles. The highest BCUT2D eigenvalue weighted by molar-refractivity contribution is 5.86. The number of aromatic nitrogens is 3. The molecular formula is C15H17N3O2. The van der Waals surface area contributed by atoms with Gasteiger partial charge in [-0.3, -0.25) is 0 Å². The Hall–Kier alpha value is -2.30. The summed E-state index contributed by atoms with van der Waals surface area (Å²) in [5, 5.41) is 5.02. The van der Waals surface area contributed by atoms with Crippen LogP contribution in [0.2, 0.25) is 0 Å². The molecule has 20 heavy (non-hydrogen) atoms. The first-order chi connectivity index (χ1) is 9.81. The molecule has 0 aliphatic heterocycles. The van der Waals surface area contributed by atoms with Crippen molar-refractivity contribution in [2.24, 2.45) is 0 Å². The molecule has 1 aromatic carbocycles. The van der Waals surface area contributed by atoms with Crippen LogP contribution in [0.15, 0.2) is 35.0 Å². The first-order valence-electron chi connectivity index (χ1n) is 6.84. The second-order valence-electron chi connectivity index (χ2n) is 4.52. The minimum atomic E-state index is 0.575. The SMILES string of the molecule is CCOc1cccc2c1ccn2Cc1nc(CC)no1. The normalized spacial score (nSPS) is 11.1. The van der Waals surface area contributed by atoms with E-state index in [1.807, 2.05) is 32.2 Å². The fourth-order valence-corrected chi connectivity index (χ4v) is 2.26. The summed E-state index contributed by atoms with van der Waals surface area (Å²) in [6.07, 6.45) is 2.80. The average molecular weight is 271 g/mol. The Labute approximate surface area is 117 Å². The molecule has 2 aromatic heterocycles. The van der Waals surface area contributed by atoms with Gasteiger partial charge in [-0.15, -0.1) is 0 Å². The van der Waals surface area contributed by atoms with Gasteiger partial charge in [-0.05, 0) is 25.1 Å².